The molecule has 1 heterocycles. The molecular weight excluding hydrogens is 679 g/mol. The first-order valence-corrected chi connectivity index (χ1v) is 17.2. The van der Waals surface area contributed by atoms with E-state index in [1.54, 1.807) is 0 Å². The molecule has 1 aliphatic carbocycles. The van der Waals surface area contributed by atoms with Crippen molar-refractivity contribution in [3.63, 3.8) is 0 Å². The minimum absolute atomic E-state index is 0.00191. The first-order valence-electron chi connectivity index (χ1n) is 13.4. The molecule has 4 rings (SSSR count). The number of hydrogen-bond donors (Lipinski definition) is 1. The number of benzene rings is 2. The average Bonchev–Trinajstić information content (AvgIpc) is 3.80. The van der Waals surface area contributed by atoms with Gasteiger partial charge >= 0.3 is 12.7 Å². The molecule has 1 fully saturated rings. The molecule has 1 N–H and O–H groups in total. The van der Waals surface area contributed by atoms with Gasteiger partial charge in [-0.3, -0.25) is 13.5 Å². The number of amides is 1. The van der Waals surface area contributed by atoms with Crippen LogP contribution in [-0.4, -0.2) is 53.6 Å². The highest BCUT2D eigenvalue weighted by Crippen LogP contribution is 2.38. The summed E-state index contributed by atoms with van der Waals surface area (Å²) in [6.45, 7) is -2.80. The molecule has 0 spiro atoms. The number of alkyl halides is 2. The van der Waals surface area contributed by atoms with Crippen molar-refractivity contribution in [1.82, 2.24) is 10.3 Å². The van der Waals surface area contributed by atoms with E-state index in [0.717, 1.165) is 19.1 Å². The fraction of sp³-hybridized carbons (Fsp3) is 0.357. The fourth-order valence-corrected chi connectivity index (χ4v) is 6.42. The van der Waals surface area contributed by atoms with E-state index in [1.807, 2.05) is 0 Å². The van der Waals surface area contributed by atoms with Gasteiger partial charge in [0.1, 0.15) is 12.0 Å². The van der Waals surface area contributed by atoms with E-state index in [2.05, 4.69) is 15.0 Å². The number of halogens is 4. The summed E-state index contributed by atoms with van der Waals surface area (Å²) in [5, 5.41) is 3.05. The molecule has 0 aliphatic heterocycles. The number of carbonyl (C=O) groups excluding carboxylic acids is 1. The van der Waals surface area contributed by atoms with Gasteiger partial charge in [-0.25, -0.2) is 13.2 Å². The molecule has 45 heavy (non-hydrogen) atoms. The molecule has 17 heteroatoms. The van der Waals surface area contributed by atoms with Gasteiger partial charge in [0.15, 0.2) is 21.3 Å². The van der Waals surface area contributed by atoms with Crippen molar-refractivity contribution in [3.05, 3.63) is 81.6 Å². The Morgan fingerprint density at radius 3 is 2.38 bits per heavy atom. The topological polar surface area (TPSA) is 147 Å². The maximum Gasteiger partial charge on any atom is 0.408 e. The molecule has 3 aromatic rings. The van der Waals surface area contributed by atoms with Crippen molar-refractivity contribution in [3.8, 4) is 11.5 Å². The molecule has 0 saturated heterocycles. The third-order valence-corrected chi connectivity index (χ3v) is 8.75. The van der Waals surface area contributed by atoms with Crippen LogP contribution in [0.1, 0.15) is 35.6 Å². The first kappa shape index (κ1) is 34.6. The fourth-order valence-electron chi connectivity index (χ4n) is 4.11. The lowest BCUT2D eigenvalue weighted by atomic mass is 10.0. The van der Waals surface area contributed by atoms with Gasteiger partial charge in [0.25, 0.3) is 0 Å². The van der Waals surface area contributed by atoms with Gasteiger partial charge in [-0.15, -0.1) is 0 Å². The zero-order valence-corrected chi connectivity index (χ0v) is 26.8. The van der Waals surface area contributed by atoms with E-state index >= 15 is 0 Å². The lowest BCUT2D eigenvalue weighted by molar-refractivity contribution is -0.0515. The number of rotatable bonds is 15. The quantitative estimate of drug-likeness (QED) is 0.200. The van der Waals surface area contributed by atoms with Crippen molar-refractivity contribution in [2.24, 2.45) is 5.92 Å². The van der Waals surface area contributed by atoms with Crippen LogP contribution in [-0.2, 0) is 38.8 Å². The third-order valence-electron chi connectivity index (χ3n) is 6.51. The maximum atomic E-state index is 13.1. The summed E-state index contributed by atoms with van der Waals surface area (Å²) in [6.07, 6.45) is 3.75. The number of carbonyl (C=O) groups is 1. The van der Waals surface area contributed by atoms with Crippen LogP contribution < -0.4 is 19.1 Å². The molecule has 0 bridgehead atoms. The monoisotopic (exact) mass is 706 g/mol. The van der Waals surface area contributed by atoms with Gasteiger partial charge in [-0.2, -0.15) is 8.78 Å². The summed E-state index contributed by atoms with van der Waals surface area (Å²) in [7, 11) is -3.63. The molecule has 11 nitrogen and oxygen atoms in total. The van der Waals surface area contributed by atoms with Gasteiger partial charge in [0, 0.05) is 48.6 Å². The highest BCUT2D eigenvalue weighted by atomic mass is 35.5. The summed E-state index contributed by atoms with van der Waals surface area (Å²) in [6, 6.07) is 10.0. The zero-order chi connectivity index (χ0) is 32.7. The van der Waals surface area contributed by atoms with E-state index in [0.29, 0.717) is 33.5 Å². The Morgan fingerprint density at radius 2 is 1.80 bits per heavy atom. The van der Waals surface area contributed by atoms with E-state index in [1.165, 1.54) is 54.9 Å². The van der Waals surface area contributed by atoms with Crippen LogP contribution in [0.5, 0.6) is 11.5 Å². The molecule has 1 aliphatic rings. The summed E-state index contributed by atoms with van der Waals surface area (Å²) in [4.78, 5) is 16.9. The van der Waals surface area contributed by atoms with Crippen molar-refractivity contribution >= 4 is 56.1 Å². The summed E-state index contributed by atoms with van der Waals surface area (Å²) in [5.74, 6) is -0.524. The number of hydrogen-bond acceptors (Lipinski definition) is 9. The Hall–Kier alpha value is -3.24. The highest BCUT2D eigenvalue weighted by molar-refractivity contribution is 7.92. The number of sulfone groups is 1. The largest absolute Gasteiger partial charge is 0.755 e. The smallest absolute Gasteiger partial charge is 0.408 e. The number of nitrogens with one attached hydrogen (secondary N) is 1. The summed E-state index contributed by atoms with van der Waals surface area (Å²) in [5.41, 5.74) is 1.49. The van der Waals surface area contributed by atoms with E-state index < -0.39 is 45.8 Å². The molecule has 2 atom stereocenters. The van der Waals surface area contributed by atoms with Crippen LogP contribution in [0.15, 0.2) is 54.9 Å². The predicted octanol–water partition coefficient (Wildman–Crippen LogP) is 5.59. The first-order chi connectivity index (χ1) is 21.3. The minimum atomic E-state index is -3.63. The van der Waals surface area contributed by atoms with Gasteiger partial charge < -0.3 is 24.1 Å². The third kappa shape index (κ3) is 10.7. The lowest BCUT2D eigenvalue weighted by Crippen LogP contribution is -2.31. The number of ether oxygens (including phenoxy) is 3. The van der Waals surface area contributed by atoms with Crippen LogP contribution in [0.25, 0.3) is 0 Å². The Morgan fingerprint density at radius 1 is 1.13 bits per heavy atom. The Bertz CT molecular complexity index is 1610. The van der Waals surface area contributed by atoms with Crippen LogP contribution in [0.2, 0.25) is 10.0 Å². The molecule has 1 unspecified atom stereocenters. The molecule has 1 saturated carbocycles. The second-order valence-electron chi connectivity index (χ2n) is 10.2. The number of anilines is 1. The standard InChI is InChI=1S/C28H29Cl2F2N3O8S2/c1-45(39,40)16-35(44(37)38)20-7-4-17(5-8-20)12-34-28(36)43-25(11-21-22(29)13-33-14-23(21)30)19-6-9-24(42-27(31)32)26(10-19)41-15-18-2-3-18/h4-10,13-14,18,25,27H,2-3,11-12,15-16H2,1H3,(H,34,36)(H,37,38)/p-1/t25-/m0/s1. The normalized spacial score (nSPS) is 14.5. The molecule has 1 aromatic heterocycles. The number of alkyl carbamates (subject to hydrolysis) is 1. The number of aromatic nitrogens is 1. The Labute approximate surface area is 271 Å². The number of nitrogens with zero attached hydrogens (tertiary/aromatic N) is 2. The Balaban J connectivity index is 1.52. The molecule has 1 amide bonds. The van der Waals surface area contributed by atoms with Crippen LogP contribution in [0, 0.1) is 5.92 Å². The molecular formula is C28H28Cl2F2N3O8S2-. The maximum absolute atomic E-state index is 13.1. The van der Waals surface area contributed by atoms with Crippen LogP contribution in [0.4, 0.5) is 19.3 Å². The van der Waals surface area contributed by atoms with Crippen LogP contribution in [0.3, 0.4) is 0 Å². The predicted molar refractivity (Wildman–Crippen MR) is 163 cm³/mol. The molecule has 244 valence electrons. The molecule has 2 aromatic carbocycles. The van der Waals surface area contributed by atoms with Gasteiger partial charge in [0.05, 0.1) is 16.7 Å². The summed E-state index contributed by atoms with van der Waals surface area (Å²) < 4.78 is 89.3. The van der Waals surface area contributed by atoms with Gasteiger partial charge in [-0.05, 0) is 59.7 Å². The van der Waals surface area contributed by atoms with Gasteiger partial charge in [0.2, 0.25) is 0 Å². The minimum Gasteiger partial charge on any atom is -0.755 e. The average molecular weight is 708 g/mol. The second-order valence-corrected chi connectivity index (χ2v) is 14.0. The summed E-state index contributed by atoms with van der Waals surface area (Å²) >= 11 is 9.82. The lowest BCUT2D eigenvalue weighted by Gasteiger charge is -2.25. The Kier molecular flexibility index (Phi) is 11.8. The van der Waals surface area contributed by atoms with Crippen molar-refractivity contribution in [2.45, 2.75) is 38.5 Å². The second kappa shape index (κ2) is 15.4. The van der Waals surface area contributed by atoms with E-state index in [9.17, 15) is 30.8 Å². The zero-order valence-electron chi connectivity index (χ0n) is 23.7. The molecule has 0 radical (unpaired) electrons. The SMILES string of the molecule is CS(=O)(=O)CN(c1ccc(CNC(=O)O[C@@H](Cc2c(Cl)cncc2Cl)c2ccc(OC(F)F)c(OCC3CC3)c2)cc1)S(=O)[O-]. The van der Waals surface area contributed by atoms with E-state index in [-0.39, 0.29) is 40.2 Å². The highest BCUT2D eigenvalue weighted by Gasteiger charge is 2.26. The van der Waals surface area contributed by atoms with Crippen LogP contribution >= 0.6 is 23.2 Å². The van der Waals surface area contributed by atoms with Gasteiger partial charge in [-0.1, -0.05) is 41.4 Å². The van der Waals surface area contributed by atoms with Crippen molar-refractivity contribution < 1.29 is 45.0 Å². The van der Waals surface area contributed by atoms with E-state index in [4.69, 9.17) is 32.7 Å². The van der Waals surface area contributed by atoms with Crippen molar-refractivity contribution in [1.29, 1.82) is 0 Å². The number of pyridine rings is 1. The van der Waals surface area contributed by atoms with Crippen molar-refractivity contribution in [2.75, 3.05) is 23.0 Å².